The fourth-order valence-electron chi connectivity index (χ4n) is 7.32. The minimum Gasteiger partial charge on any atom is -0.494 e. The first-order chi connectivity index (χ1) is 20.3. The molecule has 0 radical (unpaired) electrons. The number of nitrogens with zero attached hydrogens (tertiary/aromatic N) is 7. The maximum Gasteiger partial charge on any atom is 0.254 e. The van der Waals surface area contributed by atoms with Crippen LogP contribution in [0.3, 0.4) is 0 Å². The monoisotopic (exact) mass is 564 g/mol. The van der Waals surface area contributed by atoms with E-state index in [1.165, 1.54) is 12.8 Å². The molecule has 2 saturated carbocycles. The molecule has 1 aromatic carbocycles. The number of hydrogen-bond donors (Lipinski definition) is 1. The van der Waals surface area contributed by atoms with Gasteiger partial charge in [-0.1, -0.05) is 0 Å². The van der Waals surface area contributed by atoms with E-state index in [4.69, 9.17) is 20.4 Å². The molecule has 3 atom stereocenters. The molecular formula is C32H36N8O2. The summed E-state index contributed by atoms with van der Waals surface area (Å²) in [5, 5.41) is 5.60. The van der Waals surface area contributed by atoms with Gasteiger partial charge in [0.1, 0.15) is 16.9 Å². The second kappa shape index (κ2) is 9.16. The molecule has 2 aliphatic carbocycles. The second-order valence-corrected chi connectivity index (χ2v) is 12.5. The highest BCUT2D eigenvalue weighted by molar-refractivity contribution is 6.00. The van der Waals surface area contributed by atoms with E-state index in [0.29, 0.717) is 23.1 Å². The minimum atomic E-state index is 0.00956. The first kappa shape index (κ1) is 25.5. The largest absolute Gasteiger partial charge is 0.494 e. The highest BCUT2D eigenvalue weighted by Gasteiger charge is 2.47. The number of nitrogens with two attached hydrogens (primary N) is 1. The Morgan fingerprint density at radius 1 is 1.10 bits per heavy atom. The number of piperidine rings is 1. The number of fused-ring (bicyclic) bond motifs is 4. The summed E-state index contributed by atoms with van der Waals surface area (Å²) < 4.78 is 12.1. The highest BCUT2D eigenvalue weighted by atomic mass is 16.5. The van der Waals surface area contributed by atoms with E-state index in [0.717, 1.165) is 76.5 Å². The first-order valence-electron chi connectivity index (χ1n) is 14.9. The zero-order valence-corrected chi connectivity index (χ0v) is 24.5. The van der Waals surface area contributed by atoms with Crippen LogP contribution in [-0.4, -0.2) is 65.4 Å². The van der Waals surface area contributed by atoms with Crippen molar-refractivity contribution in [3.63, 3.8) is 0 Å². The van der Waals surface area contributed by atoms with Crippen LogP contribution in [0.5, 0.6) is 5.75 Å². The summed E-state index contributed by atoms with van der Waals surface area (Å²) in [6, 6.07) is 10.4. The van der Waals surface area contributed by atoms with Crippen LogP contribution >= 0.6 is 0 Å². The summed E-state index contributed by atoms with van der Waals surface area (Å²) in [6.45, 7) is 3.64. The number of likely N-dealkylation sites (tertiary alicyclic amines) is 1. The van der Waals surface area contributed by atoms with Gasteiger partial charge in [0.15, 0.2) is 5.82 Å². The molecule has 5 aromatic rings. The molecule has 1 saturated heterocycles. The maximum absolute atomic E-state index is 13.7. The zero-order chi connectivity index (χ0) is 28.9. The normalized spacial score (nSPS) is 21.7. The Hall–Kier alpha value is -4.18. The number of benzene rings is 1. The molecule has 10 heteroatoms. The number of hydrogen-bond acceptors (Lipinski definition) is 6. The van der Waals surface area contributed by atoms with Crippen LogP contribution in [0.25, 0.3) is 44.8 Å². The van der Waals surface area contributed by atoms with Crippen molar-refractivity contribution in [1.29, 1.82) is 0 Å². The van der Waals surface area contributed by atoms with Crippen LogP contribution < -0.4 is 10.5 Å². The predicted molar refractivity (Wildman–Crippen MR) is 161 cm³/mol. The standard InChI is InChI=1S/C32H36N8O2/c1-17-22(16-37(2)36-17)23-9-7-19-12-26(39(30(19)34-23)14-18-5-6-18)31-35-24-11-21(13-27(42-4)29(24)38(31)3)32(41)40-15-20-8-10-25(40)28(20)33/h7,9,11-13,16,18,20,25,28H,5-6,8,10,14-15,33H2,1-4H3/t20-,25-,28-/m1/s1. The summed E-state index contributed by atoms with van der Waals surface area (Å²) in [6.07, 6.45) is 6.56. The van der Waals surface area contributed by atoms with Crippen LogP contribution in [0.15, 0.2) is 36.5 Å². The van der Waals surface area contributed by atoms with Gasteiger partial charge in [-0.25, -0.2) is 9.97 Å². The number of aromatic nitrogens is 6. The summed E-state index contributed by atoms with van der Waals surface area (Å²) in [5.74, 6) is 2.52. The third-order valence-corrected chi connectivity index (χ3v) is 9.72. The molecule has 0 unspecified atom stereocenters. The molecule has 1 aliphatic heterocycles. The van der Waals surface area contributed by atoms with E-state index in [1.807, 2.05) is 48.9 Å². The van der Waals surface area contributed by atoms with Crippen molar-refractivity contribution < 1.29 is 9.53 Å². The van der Waals surface area contributed by atoms with E-state index in [-0.39, 0.29) is 18.0 Å². The Kier molecular flexibility index (Phi) is 5.57. The Labute approximate surface area is 244 Å². The molecule has 5 heterocycles. The molecule has 4 aromatic heterocycles. The summed E-state index contributed by atoms with van der Waals surface area (Å²) in [7, 11) is 5.61. The van der Waals surface area contributed by atoms with Crippen molar-refractivity contribution in [2.24, 2.45) is 31.7 Å². The molecule has 0 spiro atoms. The Morgan fingerprint density at radius 2 is 1.93 bits per heavy atom. The lowest BCUT2D eigenvalue weighted by Gasteiger charge is -2.27. The lowest BCUT2D eigenvalue weighted by Crippen LogP contribution is -2.41. The number of aryl methyl sites for hydroxylation is 3. The number of carbonyl (C=O) groups excluding carboxylic acids is 1. The van der Waals surface area contributed by atoms with Gasteiger partial charge in [-0.05, 0) is 74.8 Å². The summed E-state index contributed by atoms with van der Waals surface area (Å²) >= 11 is 0. The van der Waals surface area contributed by atoms with Gasteiger partial charge >= 0.3 is 0 Å². The third-order valence-electron chi connectivity index (χ3n) is 9.72. The minimum absolute atomic E-state index is 0.00956. The molecular weight excluding hydrogens is 528 g/mol. The number of amides is 1. The zero-order valence-electron chi connectivity index (χ0n) is 24.5. The average molecular weight is 565 g/mol. The van der Waals surface area contributed by atoms with Gasteiger partial charge in [0.2, 0.25) is 0 Å². The first-order valence-corrected chi connectivity index (χ1v) is 14.9. The van der Waals surface area contributed by atoms with Crippen LogP contribution in [0, 0.1) is 18.8 Å². The average Bonchev–Trinajstić information content (AvgIpc) is 3.17. The van der Waals surface area contributed by atoms with Crippen molar-refractivity contribution in [3.8, 4) is 28.5 Å². The molecule has 1 amide bonds. The molecule has 2 N–H and O–H groups in total. The highest BCUT2D eigenvalue weighted by Crippen LogP contribution is 2.40. The molecule has 42 heavy (non-hydrogen) atoms. The second-order valence-electron chi connectivity index (χ2n) is 12.5. The van der Waals surface area contributed by atoms with Crippen LogP contribution in [0.2, 0.25) is 0 Å². The third kappa shape index (κ3) is 3.81. The van der Waals surface area contributed by atoms with E-state index in [9.17, 15) is 4.79 Å². The van der Waals surface area contributed by atoms with Gasteiger partial charge < -0.3 is 24.5 Å². The van der Waals surface area contributed by atoms with Gasteiger partial charge in [0, 0.05) is 62.0 Å². The molecule has 216 valence electrons. The Bertz CT molecular complexity index is 1890. The smallest absolute Gasteiger partial charge is 0.254 e. The molecule has 10 nitrogen and oxygen atoms in total. The van der Waals surface area contributed by atoms with Gasteiger partial charge in [-0.15, -0.1) is 0 Å². The lowest BCUT2D eigenvalue weighted by molar-refractivity contribution is 0.0700. The van der Waals surface area contributed by atoms with Crippen LogP contribution in [0.1, 0.15) is 41.7 Å². The van der Waals surface area contributed by atoms with E-state index in [1.54, 1.807) is 7.11 Å². The lowest BCUT2D eigenvalue weighted by atomic mass is 10.1. The fraction of sp³-hybridized carbons (Fsp3) is 0.438. The molecule has 3 fully saturated rings. The Balaban J connectivity index is 1.25. The molecule has 3 aliphatic rings. The van der Waals surface area contributed by atoms with E-state index < -0.39 is 0 Å². The molecule has 8 rings (SSSR count). The van der Waals surface area contributed by atoms with Crippen molar-refractivity contribution >= 4 is 28.0 Å². The quantitative estimate of drug-likeness (QED) is 0.330. The van der Waals surface area contributed by atoms with Gasteiger partial charge in [0.25, 0.3) is 5.91 Å². The Morgan fingerprint density at radius 3 is 2.60 bits per heavy atom. The summed E-state index contributed by atoms with van der Waals surface area (Å²) in [4.78, 5) is 25.9. The van der Waals surface area contributed by atoms with Crippen molar-refractivity contribution in [2.75, 3.05) is 13.7 Å². The van der Waals surface area contributed by atoms with Gasteiger partial charge in [0.05, 0.1) is 29.7 Å². The molecule has 2 bridgehead atoms. The van der Waals surface area contributed by atoms with Crippen molar-refractivity contribution in [2.45, 2.75) is 51.2 Å². The number of carbonyl (C=O) groups is 1. The van der Waals surface area contributed by atoms with Crippen molar-refractivity contribution in [3.05, 3.63) is 47.8 Å². The predicted octanol–water partition coefficient (Wildman–Crippen LogP) is 4.28. The fourth-order valence-corrected chi connectivity index (χ4v) is 7.32. The number of methoxy groups -OCH3 is 1. The number of ether oxygens (including phenoxy) is 1. The van der Waals surface area contributed by atoms with Crippen LogP contribution in [-0.2, 0) is 20.6 Å². The van der Waals surface area contributed by atoms with E-state index >= 15 is 0 Å². The number of rotatable bonds is 6. The SMILES string of the molecule is COc1cc(C(=O)N2C[C@H]3CC[C@@H]2[C@@H]3N)cc2nc(-c3cc4ccc(-c5cn(C)nc5C)nc4n3CC3CC3)n(C)c12. The van der Waals surface area contributed by atoms with E-state index in [2.05, 4.69) is 32.4 Å². The number of imidazole rings is 1. The van der Waals surface area contributed by atoms with Crippen molar-refractivity contribution in [1.82, 2.24) is 33.8 Å². The summed E-state index contributed by atoms with van der Waals surface area (Å²) in [5.41, 5.74) is 13.5. The van der Waals surface area contributed by atoms with Gasteiger partial charge in [-0.3, -0.25) is 9.48 Å². The van der Waals surface area contributed by atoms with Gasteiger partial charge in [-0.2, -0.15) is 5.10 Å². The van der Waals surface area contributed by atoms with Crippen LogP contribution in [0.4, 0.5) is 0 Å². The topological polar surface area (TPSA) is 109 Å². The number of pyridine rings is 1. The maximum atomic E-state index is 13.7.